The summed E-state index contributed by atoms with van der Waals surface area (Å²) in [6, 6.07) is 8.95. The molecular weight excluding hydrogens is 338 g/mol. The summed E-state index contributed by atoms with van der Waals surface area (Å²) in [6.07, 6.45) is 3.14. The van der Waals surface area contributed by atoms with Crippen LogP contribution < -0.4 is 10.6 Å². The van der Waals surface area contributed by atoms with Crippen molar-refractivity contribution in [2.75, 3.05) is 40.8 Å². The average molecular weight is 374 g/mol. The number of benzene rings is 1. The van der Waals surface area contributed by atoms with E-state index in [-0.39, 0.29) is 5.91 Å². The molecule has 0 unspecified atom stereocenters. The number of aliphatic imine (C=N–C) groups is 1. The zero-order chi connectivity index (χ0) is 19.8. The number of nitrogens with zero attached hydrogens (tertiary/aromatic N) is 3. The topological polar surface area (TPSA) is 60.0 Å². The summed E-state index contributed by atoms with van der Waals surface area (Å²) in [4.78, 5) is 20.6. The van der Waals surface area contributed by atoms with E-state index in [2.05, 4.69) is 40.4 Å². The average Bonchev–Trinajstić information content (AvgIpc) is 2.67. The molecule has 0 radical (unpaired) electrons. The van der Waals surface area contributed by atoms with E-state index in [0.29, 0.717) is 12.1 Å². The fraction of sp³-hybridized carbons (Fsp3) is 0.619. The van der Waals surface area contributed by atoms with Gasteiger partial charge in [0.25, 0.3) is 5.91 Å². The van der Waals surface area contributed by atoms with E-state index in [1.54, 1.807) is 19.0 Å². The molecule has 1 aromatic carbocycles. The summed E-state index contributed by atoms with van der Waals surface area (Å²) >= 11 is 0. The molecule has 2 N–H and O–H groups in total. The first kappa shape index (κ1) is 21.2. The lowest BCUT2D eigenvalue weighted by Gasteiger charge is -2.35. The van der Waals surface area contributed by atoms with Crippen LogP contribution in [-0.2, 0) is 6.42 Å². The first-order valence-electron chi connectivity index (χ1n) is 9.92. The van der Waals surface area contributed by atoms with Crippen molar-refractivity contribution in [1.82, 2.24) is 20.4 Å². The predicted molar refractivity (Wildman–Crippen MR) is 112 cm³/mol. The van der Waals surface area contributed by atoms with Crippen molar-refractivity contribution in [2.24, 2.45) is 4.99 Å². The van der Waals surface area contributed by atoms with Gasteiger partial charge in [-0.15, -0.1) is 0 Å². The fourth-order valence-corrected chi connectivity index (χ4v) is 3.39. The Morgan fingerprint density at radius 1 is 1.30 bits per heavy atom. The molecule has 0 aliphatic carbocycles. The molecule has 1 fully saturated rings. The number of hydrogen-bond donors (Lipinski definition) is 2. The molecule has 1 aliphatic heterocycles. The number of carbonyl (C=O) groups excluding carboxylic acids is 1. The third-order valence-electron chi connectivity index (χ3n) is 5.11. The Labute approximate surface area is 164 Å². The molecule has 1 saturated heterocycles. The van der Waals surface area contributed by atoms with Gasteiger partial charge in [-0.1, -0.05) is 12.1 Å². The minimum absolute atomic E-state index is 0.0371. The number of carbonyl (C=O) groups is 1. The molecule has 1 heterocycles. The van der Waals surface area contributed by atoms with E-state index in [1.165, 1.54) is 0 Å². The van der Waals surface area contributed by atoms with Crippen LogP contribution in [0, 0.1) is 0 Å². The van der Waals surface area contributed by atoms with Crippen LogP contribution in [0.15, 0.2) is 29.3 Å². The molecule has 1 aliphatic rings. The Hall–Kier alpha value is -2.08. The smallest absolute Gasteiger partial charge is 0.253 e. The van der Waals surface area contributed by atoms with E-state index >= 15 is 0 Å². The van der Waals surface area contributed by atoms with E-state index < -0.39 is 0 Å². The maximum atomic E-state index is 12.1. The molecule has 1 amide bonds. The largest absolute Gasteiger partial charge is 0.356 e. The van der Waals surface area contributed by atoms with Crippen LogP contribution in [0.25, 0.3) is 0 Å². The van der Waals surface area contributed by atoms with Gasteiger partial charge in [0.15, 0.2) is 5.96 Å². The normalized spacial score (nSPS) is 16.4. The first-order chi connectivity index (χ1) is 12.9. The molecule has 6 nitrogen and oxygen atoms in total. The van der Waals surface area contributed by atoms with Crippen molar-refractivity contribution in [3.63, 3.8) is 0 Å². The third kappa shape index (κ3) is 6.54. The predicted octanol–water partition coefficient (Wildman–Crippen LogP) is 1.97. The summed E-state index contributed by atoms with van der Waals surface area (Å²) in [7, 11) is 5.37. The minimum Gasteiger partial charge on any atom is -0.356 e. The number of nitrogens with one attached hydrogen (secondary N) is 2. The molecule has 1 aromatic rings. The summed E-state index contributed by atoms with van der Waals surface area (Å²) in [5, 5.41) is 6.95. The van der Waals surface area contributed by atoms with Gasteiger partial charge in [-0.05, 0) is 50.8 Å². The van der Waals surface area contributed by atoms with Crippen LogP contribution in [0.5, 0.6) is 0 Å². The SMILES string of the molecule is CN=C(NCCc1cccc(C(=O)N(C)C)c1)NC1CCN(C(C)C)CC1. The van der Waals surface area contributed by atoms with Gasteiger partial charge in [0, 0.05) is 58.4 Å². The highest BCUT2D eigenvalue weighted by Gasteiger charge is 2.21. The Bertz CT molecular complexity index is 633. The summed E-state index contributed by atoms with van der Waals surface area (Å²) in [5.74, 6) is 0.897. The summed E-state index contributed by atoms with van der Waals surface area (Å²) in [6.45, 7) is 7.58. The van der Waals surface area contributed by atoms with Crippen LogP contribution >= 0.6 is 0 Å². The van der Waals surface area contributed by atoms with Crippen molar-refractivity contribution >= 4 is 11.9 Å². The second kappa shape index (κ2) is 10.3. The number of amides is 1. The van der Waals surface area contributed by atoms with Crippen LogP contribution in [0.1, 0.15) is 42.6 Å². The zero-order valence-electron chi connectivity index (χ0n) is 17.5. The molecule has 6 heteroatoms. The Kier molecular flexibility index (Phi) is 8.10. The number of guanidine groups is 1. The Balaban J connectivity index is 1.78. The molecule has 27 heavy (non-hydrogen) atoms. The molecule has 0 aromatic heterocycles. The molecule has 2 rings (SSSR count). The van der Waals surface area contributed by atoms with Gasteiger partial charge in [-0.3, -0.25) is 9.79 Å². The molecule has 0 saturated carbocycles. The van der Waals surface area contributed by atoms with Crippen molar-refractivity contribution in [3.05, 3.63) is 35.4 Å². The van der Waals surface area contributed by atoms with Crippen molar-refractivity contribution in [2.45, 2.75) is 45.2 Å². The lowest BCUT2D eigenvalue weighted by molar-refractivity contribution is 0.0827. The maximum Gasteiger partial charge on any atom is 0.253 e. The van der Waals surface area contributed by atoms with Crippen molar-refractivity contribution in [1.29, 1.82) is 0 Å². The Morgan fingerprint density at radius 3 is 2.59 bits per heavy atom. The van der Waals surface area contributed by atoms with Gasteiger partial charge >= 0.3 is 0 Å². The molecular formula is C21H35N5O. The van der Waals surface area contributed by atoms with Crippen LogP contribution in [0.3, 0.4) is 0 Å². The van der Waals surface area contributed by atoms with Gasteiger partial charge in [0.05, 0.1) is 0 Å². The first-order valence-corrected chi connectivity index (χ1v) is 9.92. The number of likely N-dealkylation sites (tertiary alicyclic amines) is 1. The maximum absolute atomic E-state index is 12.1. The van der Waals surface area contributed by atoms with Crippen molar-refractivity contribution in [3.8, 4) is 0 Å². The number of hydrogen-bond acceptors (Lipinski definition) is 3. The monoisotopic (exact) mass is 373 g/mol. The second-order valence-electron chi connectivity index (χ2n) is 7.70. The van der Waals surface area contributed by atoms with Gasteiger partial charge in [-0.25, -0.2) is 0 Å². The van der Waals surface area contributed by atoms with Gasteiger partial charge in [0.2, 0.25) is 0 Å². The van der Waals surface area contributed by atoms with E-state index in [9.17, 15) is 4.79 Å². The second-order valence-corrected chi connectivity index (χ2v) is 7.70. The highest BCUT2D eigenvalue weighted by atomic mass is 16.2. The molecule has 0 spiro atoms. The summed E-state index contributed by atoms with van der Waals surface area (Å²) in [5.41, 5.74) is 1.88. The van der Waals surface area contributed by atoms with Crippen LogP contribution in [-0.4, -0.2) is 74.5 Å². The number of rotatable bonds is 6. The van der Waals surface area contributed by atoms with E-state index in [1.807, 2.05) is 25.2 Å². The zero-order valence-corrected chi connectivity index (χ0v) is 17.5. The molecule has 0 bridgehead atoms. The van der Waals surface area contributed by atoms with E-state index in [4.69, 9.17) is 0 Å². The highest BCUT2D eigenvalue weighted by molar-refractivity contribution is 5.94. The quantitative estimate of drug-likeness (QED) is 0.591. The molecule has 150 valence electrons. The summed E-state index contributed by atoms with van der Waals surface area (Å²) < 4.78 is 0. The lowest BCUT2D eigenvalue weighted by Crippen LogP contribution is -2.50. The van der Waals surface area contributed by atoms with Gasteiger partial charge < -0.3 is 20.4 Å². The standard InChI is InChI=1S/C21H35N5O/c1-16(2)26-13-10-19(11-14-26)24-21(22-3)23-12-9-17-7-6-8-18(15-17)20(27)25(4)5/h6-8,15-16,19H,9-14H2,1-5H3,(H2,22,23,24). The third-order valence-corrected chi connectivity index (χ3v) is 5.11. The van der Waals surface area contributed by atoms with Crippen molar-refractivity contribution < 1.29 is 4.79 Å². The Morgan fingerprint density at radius 2 is 2.00 bits per heavy atom. The van der Waals surface area contributed by atoms with Crippen LogP contribution in [0.4, 0.5) is 0 Å². The minimum atomic E-state index is 0.0371. The highest BCUT2D eigenvalue weighted by Crippen LogP contribution is 2.13. The van der Waals surface area contributed by atoms with Gasteiger partial charge in [-0.2, -0.15) is 0 Å². The lowest BCUT2D eigenvalue weighted by atomic mass is 10.0. The fourth-order valence-electron chi connectivity index (χ4n) is 3.39. The van der Waals surface area contributed by atoms with Crippen LogP contribution in [0.2, 0.25) is 0 Å². The number of piperidine rings is 1. The molecule has 0 atom stereocenters. The van der Waals surface area contributed by atoms with Gasteiger partial charge in [0.1, 0.15) is 0 Å². The van der Waals surface area contributed by atoms with E-state index in [0.717, 1.165) is 56.0 Å².